The number of aryl methyl sites for hydroxylation is 1. The van der Waals surface area contributed by atoms with Gasteiger partial charge in [0.2, 0.25) is 0 Å². The molecule has 2 aromatic carbocycles. The number of benzene rings is 2. The summed E-state index contributed by atoms with van der Waals surface area (Å²) in [5.74, 6) is 0. The van der Waals surface area contributed by atoms with E-state index in [2.05, 4.69) is 61.5 Å². The lowest BCUT2D eigenvalue weighted by Gasteiger charge is -2.42. The van der Waals surface area contributed by atoms with Crippen LogP contribution in [0.4, 0.5) is 0 Å². The third kappa shape index (κ3) is 2.74. The predicted molar refractivity (Wildman–Crippen MR) is 86.3 cm³/mol. The van der Waals surface area contributed by atoms with E-state index in [0.29, 0.717) is 0 Å². The molecule has 2 aromatic rings. The minimum Gasteiger partial charge on any atom is -0.381 e. The molecule has 3 rings (SSSR count). The van der Waals surface area contributed by atoms with Gasteiger partial charge in [0.1, 0.15) is 0 Å². The Labute approximate surface area is 126 Å². The number of hydrogen-bond donors (Lipinski definition) is 1. The van der Waals surface area contributed by atoms with Crippen molar-refractivity contribution in [1.29, 1.82) is 0 Å². The highest BCUT2D eigenvalue weighted by Crippen LogP contribution is 2.43. The summed E-state index contributed by atoms with van der Waals surface area (Å²) in [4.78, 5) is 0. The van der Waals surface area contributed by atoms with Crippen LogP contribution in [-0.2, 0) is 10.2 Å². The van der Waals surface area contributed by atoms with E-state index in [1.807, 2.05) is 0 Å². The van der Waals surface area contributed by atoms with Crippen LogP contribution in [0.15, 0.2) is 54.6 Å². The van der Waals surface area contributed by atoms with E-state index in [4.69, 9.17) is 10.5 Å². The Balaban J connectivity index is 2.01. The molecule has 1 aliphatic rings. The van der Waals surface area contributed by atoms with Gasteiger partial charge < -0.3 is 10.5 Å². The van der Waals surface area contributed by atoms with Crippen molar-refractivity contribution in [3.05, 3.63) is 71.3 Å². The van der Waals surface area contributed by atoms with Crippen molar-refractivity contribution in [1.82, 2.24) is 0 Å². The van der Waals surface area contributed by atoms with Crippen LogP contribution in [-0.4, -0.2) is 13.2 Å². The van der Waals surface area contributed by atoms with Crippen LogP contribution in [0.25, 0.3) is 0 Å². The first-order valence-corrected chi connectivity index (χ1v) is 7.68. The first kappa shape index (κ1) is 14.3. The highest BCUT2D eigenvalue weighted by atomic mass is 16.5. The van der Waals surface area contributed by atoms with Crippen LogP contribution < -0.4 is 5.73 Å². The fraction of sp³-hybridized carbons (Fsp3) is 0.368. The lowest BCUT2D eigenvalue weighted by Crippen LogP contribution is -2.43. The molecule has 0 spiro atoms. The molecule has 0 amide bonds. The second-order valence-corrected chi connectivity index (χ2v) is 6.02. The Bertz CT molecular complexity index is 570. The lowest BCUT2D eigenvalue weighted by atomic mass is 9.67. The summed E-state index contributed by atoms with van der Waals surface area (Å²) in [6.45, 7) is 3.68. The van der Waals surface area contributed by atoms with Gasteiger partial charge in [-0.25, -0.2) is 0 Å². The summed E-state index contributed by atoms with van der Waals surface area (Å²) < 4.78 is 5.60. The Hall–Kier alpha value is -1.64. The van der Waals surface area contributed by atoms with E-state index < -0.39 is 0 Å². The molecule has 110 valence electrons. The molecule has 0 aliphatic carbocycles. The van der Waals surface area contributed by atoms with Crippen LogP contribution in [0.2, 0.25) is 0 Å². The van der Waals surface area contributed by atoms with Crippen molar-refractivity contribution < 1.29 is 4.74 Å². The molecule has 0 saturated carbocycles. The minimum atomic E-state index is -0.0191. The van der Waals surface area contributed by atoms with Gasteiger partial charge in [0.25, 0.3) is 0 Å². The van der Waals surface area contributed by atoms with Crippen molar-refractivity contribution in [2.45, 2.75) is 31.2 Å². The molecule has 2 N–H and O–H groups in total. The molecule has 21 heavy (non-hydrogen) atoms. The van der Waals surface area contributed by atoms with Gasteiger partial charge in [0.15, 0.2) is 0 Å². The predicted octanol–water partition coefficient (Wildman–Crippen LogP) is 3.74. The summed E-state index contributed by atoms with van der Waals surface area (Å²) >= 11 is 0. The molecular formula is C19H23NO. The zero-order chi connectivity index (χ0) is 14.7. The van der Waals surface area contributed by atoms with Crippen LogP contribution in [0.5, 0.6) is 0 Å². The zero-order valence-corrected chi connectivity index (χ0v) is 12.6. The van der Waals surface area contributed by atoms with E-state index >= 15 is 0 Å². The third-order valence-corrected chi connectivity index (χ3v) is 4.77. The monoisotopic (exact) mass is 281 g/mol. The van der Waals surface area contributed by atoms with Crippen molar-refractivity contribution in [2.75, 3.05) is 13.2 Å². The quantitative estimate of drug-likeness (QED) is 0.930. The van der Waals surface area contributed by atoms with Gasteiger partial charge >= 0.3 is 0 Å². The van der Waals surface area contributed by atoms with Crippen molar-refractivity contribution in [3.63, 3.8) is 0 Å². The number of ether oxygens (including phenoxy) is 1. The van der Waals surface area contributed by atoms with Gasteiger partial charge in [-0.3, -0.25) is 0 Å². The molecule has 1 aliphatic heterocycles. The molecule has 0 radical (unpaired) electrons. The highest BCUT2D eigenvalue weighted by Gasteiger charge is 2.40. The molecule has 1 unspecified atom stereocenters. The number of hydrogen-bond acceptors (Lipinski definition) is 2. The molecule has 1 saturated heterocycles. The summed E-state index contributed by atoms with van der Waals surface area (Å²) in [5, 5.41) is 0. The van der Waals surface area contributed by atoms with E-state index in [1.54, 1.807) is 0 Å². The van der Waals surface area contributed by atoms with Crippen molar-refractivity contribution in [3.8, 4) is 0 Å². The third-order valence-electron chi connectivity index (χ3n) is 4.77. The first-order valence-electron chi connectivity index (χ1n) is 7.68. The standard InChI is InChI=1S/C19H23NO/c1-15-7-9-16(10-8-15)18(20)19(11-13-21-14-12-19)17-5-3-2-4-6-17/h2-10,18H,11-14,20H2,1H3. The molecular weight excluding hydrogens is 258 g/mol. The molecule has 2 nitrogen and oxygen atoms in total. The van der Waals surface area contributed by atoms with Crippen LogP contribution in [0.3, 0.4) is 0 Å². The summed E-state index contributed by atoms with van der Waals surface area (Å²) in [7, 11) is 0. The highest BCUT2D eigenvalue weighted by molar-refractivity contribution is 5.34. The van der Waals surface area contributed by atoms with E-state index in [9.17, 15) is 0 Å². The fourth-order valence-electron chi connectivity index (χ4n) is 3.38. The Morgan fingerprint density at radius 3 is 2.19 bits per heavy atom. The largest absolute Gasteiger partial charge is 0.381 e. The maximum atomic E-state index is 6.73. The molecule has 2 heteroatoms. The van der Waals surface area contributed by atoms with E-state index in [1.165, 1.54) is 16.7 Å². The van der Waals surface area contributed by atoms with E-state index in [0.717, 1.165) is 26.1 Å². The van der Waals surface area contributed by atoms with Gasteiger partial charge in [-0.1, -0.05) is 60.2 Å². The second kappa shape index (κ2) is 6.00. The minimum absolute atomic E-state index is 0.00407. The summed E-state index contributed by atoms with van der Waals surface area (Å²) in [6, 6.07) is 19.3. The fourth-order valence-corrected chi connectivity index (χ4v) is 3.38. The van der Waals surface area contributed by atoms with Crippen LogP contribution in [0.1, 0.15) is 35.6 Å². The van der Waals surface area contributed by atoms with Gasteiger partial charge in [-0.05, 0) is 30.9 Å². The molecule has 1 heterocycles. The average molecular weight is 281 g/mol. The Morgan fingerprint density at radius 1 is 0.952 bits per heavy atom. The van der Waals surface area contributed by atoms with Crippen molar-refractivity contribution >= 4 is 0 Å². The van der Waals surface area contributed by atoms with Gasteiger partial charge in [-0.2, -0.15) is 0 Å². The lowest BCUT2D eigenvalue weighted by molar-refractivity contribution is 0.0398. The maximum Gasteiger partial charge on any atom is 0.0475 e. The van der Waals surface area contributed by atoms with Gasteiger partial charge in [-0.15, -0.1) is 0 Å². The SMILES string of the molecule is Cc1ccc(C(N)C2(c3ccccc3)CCOCC2)cc1. The van der Waals surface area contributed by atoms with Gasteiger partial charge in [0, 0.05) is 24.7 Å². The zero-order valence-electron chi connectivity index (χ0n) is 12.6. The van der Waals surface area contributed by atoms with Crippen LogP contribution in [0, 0.1) is 6.92 Å². The number of rotatable bonds is 3. The van der Waals surface area contributed by atoms with Gasteiger partial charge in [0.05, 0.1) is 0 Å². The molecule has 0 aromatic heterocycles. The van der Waals surface area contributed by atoms with Crippen molar-refractivity contribution in [2.24, 2.45) is 5.73 Å². The average Bonchev–Trinajstić information content (AvgIpc) is 2.56. The number of nitrogens with two attached hydrogens (primary N) is 1. The Morgan fingerprint density at radius 2 is 1.57 bits per heavy atom. The smallest absolute Gasteiger partial charge is 0.0475 e. The molecule has 1 fully saturated rings. The molecule has 0 bridgehead atoms. The van der Waals surface area contributed by atoms with E-state index in [-0.39, 0.29) is 11.5 Å². The second-order valence-electron chi connectivity index (χ2n) is 6.02. The summed E-state index contributed by atoms with van der Waals surface area (Å²) in [5.41, 5.74) is 10.5. The summed E-state index contributed by atoms with van der Waals surface area (Å²) in [6.07, 6.45) is 1.96. The first-order chi connectivity index (χ1) is 10.2. The molecule has 1 atom stereocenters. The Kier molecular flexibility index (Phi) is 4.09. The van der Waals surface area contributed by atoms with Crippen LogP contribution >= 0.6 is 0 Å². The normalized spacial score (nSPS) is 19.1. The topological polar surface area (TPSA) is 35.2 Å². The maximum absolute atomic E-state index is 6.73.